The average Bonchev–Trinajstić information content (AvgIpc) is 2.89. The lowest BCUT2D eigenvalue weighted by Crippen LogP contribution is -2.24. The van der Waals surface area contributed by atoms with Gasteiger partial charge in [-0.05, 0) is 25.5 Å². The number of amides is 1. The standard InChI is InChI=1S/C16H22N4O/c1-4-7-17-15-6-5-12(2)8-14(15)16(21)18-9-13-10-19-20(3)11-13/h5-6,8,10-11,17H,4,7,9H2,1-3H3,(H,18,21). The molecule has 2 rings (SSSR count). The average molecular weight is 286 g/mol. The van der Waals surface area contributed by atoms with E-state index in [1.165, 1.54) is 0 Å². The van der Waals surface area contributed by atoms with Crippen molar-refractivity contribution in [1.29, 1.82) is 0 Å². The van der Waals surface area contributed by atoms with Crippen LogP contribution in [0.25, 0.3) is 0 Å². The van der Waals surface area contributed by atoms with Gasteiger partial charge in [-0.15, -0.1) is 0 Å². The highest BCUT2D eigenvalue weighted by molar-refractivity contribution is 5.99. The van der Waals surface area contributed by atoms with E-state index in [9.17, 15) is 4.79 Å². The van der Waals surface area contributed by atoms with Crippen molar-refractivity contribution in [2.45, 2.75) is 26.8 Å². The normalized spacial score (nSPS) is 10.4. The highest BCUT2D eigenvalue weighted by Gasteiger charge is 2.11. The van der Waals surface area contributed by atoms with Gasteiger partial charge in [0, 0.05) is 37.6 Å². The van der Waals surface area contributed by atoms with Crippen LogP contribution >= 0.6 is 0 Å². The molecule has 0 radical (unpaired) electrons. The maximum absolute atomic E-state index is 12.4. The SMILES string of the molecule is CCCNc1ccc(C)cc1C(=O)NCc1cnn(C)c1. The number of carbonyl (C=O) groups excluding carboxylic acids is 1. The zero-order valence-electron chi connectivity index (χ0n) is 12.8. The highest BCUT2D eigenvalue weighted by atomic mass is 16.1. The van der Waals surface area contributed by atoms with Crippen molar-refractivity contribution >= 4 is 11.6 Å². The van der Waals surface area contributed by atoms with Crippen molar-refractivity contribution in [1.82, 2.24) is 15.1 Å². The Morgan fingerprint density at radius 1 is 1.38 bits per heavy atom. The second-order valence-corrected chi connectivity index (χ2v) is 5.18. The fourth-order valence-electron chi connectivity index (χ4n) is 2.10. The number of carbonyl (C=O) groups is 1. The van der Waals surface area contributed by atoms with Gasteiger partial charge in [0.25, 0.3) is 5.91 Å². The summed E-state index contributed by atoms with van der Waals surface area (Å²) in [5.41, 5.74) is 3.63. The molecule has 0 saturated carbocycles. The van der Waals surface area contributed by atoms with Gasteiger partial charge in [-0.3, -0.25) is 9.48 Å². The number of nitrogens with zero attached hydrogens (tertiary/aromatic N) is 2. The first kappa shape index (κ1) is 15.1. The van der Waals surface area contributed by atoms with Gasteiger partial charge in [0.05, 0.1) is 11.8 Å². The topological polar surface area (TPSA) is 59.0 Å². The molecule has 0 aliphatic rings. The lowest BCUT2D eigenvalue weighted by molar-refractivity contribution is 0.0951. The molecule has 0 aliphatic carbocycles. The molecule has 1 aromatic carbocycles. The van der Waals surface area contributed by atoms with Crippen molar-refractivity contribution in [3.05, 3.63) is 47.3 Å². The zero-order chi connectivity index (χ0) is 15.2. The number of aryl methyl sites for hydroxylation is 2. The summed E-state index contributed by atoms with van der Waals surface area (Å²) < 4.78 is 1.72. The number of anilines is 1. The Morgan fingerprint density at radius 2 is 2.19 bits per heavy atom. The summed E-state index contributed by atoms with van der Waals surface area (Å²) in [6.07, 6.45) is 4.67. The minimum atomic E-state index is -0.0684. The highest BCUT2D eigenvalue weighted by Crippen LogP contribution is 2.17. The second kappa shape index (κ2) is 6.92. The molecule has 112 valence electrons. The quantitative estimate of drug-likeness (QED) is 0.857. The fraction of sp³-hybridized carbons (Fsp3) is 0.375. The molecule has 0 aliphatic heterocycles. The number of nitrogens with one attached hydrogen (secondary N) is 2. The van der Waals surface area contributed by atoms with E-state index in [1.54, 1.807) is 10.9 Å². The molecular formula is C16H22N4O. The van der Waals surface area contributed by atoms with Crippen molar-refractivity contribution < 1.29 is 4.79 Å². The number of aromatic nitrogens is 2. The fourth-order valence-corrected chi connectivity index (χ4v) is 2.10. The summed E-state index contributed by atoms with van der Waals surface area (Å²) in [4.78, 5) is 12.4. The van der Waals surface area contributed by atoms with Gasteiger partial charge >= 0.3 is 0 Å². The van der Waals surface area contributed by atoms with Crippen LogP contribution in [0.15, 0.2) is 30.6 Å². The van der Waals surface area contributed by atoms with Crippen LogP contribution in [0.3, 0.4) is 0 Å². The van der Waals surface area contributed by atoms with E-state index in [0.29, 0.717) is 12.1 Å². The lowest BCUT2D eigenvalue weighted by Gasteiger charge is -2.12. The summed E-state index contributed by atoms with van der Waals surface area (Å²) >= 11 is 0. The Balaban J connectivity index is 2.08. The summed E-state index contributed by atoms with van der Waals surface area (Å²) in [5, 5.41) is 10.3. The molecule has 0 unspecified atom stereocenters. The predicted molar refractivity (Wildman–Crippen MR) is 84.3 cm³/mol. The predicted octanol–water partition coefficient (Wildman–Crippen LogP) is 2.48. The summed E-state index contributed by atoms with van der Waals surface area (Å²) in [5.74, 6) is -0.0684. The zero-order valence-corrected chi connectivity index (χ0v) is 12.8. The van der Waals surface area contributed by atoms with Crippen molar-refractivity contribution in [3.63, 3.8) is 0 Å². The molecule has 1 aromatic heterocycles. The molecule has 21 heavy (non-hydrogen) atoms. The van der Waals surface area contributed by atoms with Crippen LogP contribution < -0.4 is 10.6 Å². The lowest BCUT2D eigenvalue weighted by atomic mass is 10.1. The van der Waals surface area contributed by atoms with Crippen molar-refractivity contribution in [3.8, 4) is 0 Å². The summed E-state index contributed by atoms with van der Waals surface area (Å²) in [6, 6.07) is 5.89. The molecule has 2 aromatic rings. The number of hydrogen-bond acceptors (Lipinski definition) is 3. The molecule has 5 heteroatoms. The minimum Gasteiger partial charge on any atom is -0.384 e. The Bertz CT molecular complexity index is 618. The molecular weight excluding hydrogens is 264 g/mol. The molecule has 0 spiro atoms. The Morgan fingerprint density at radius 3 is 2.86 bits per heavy atom. The minimum absolute atomic E-state index is 0.0684. The van der Waals surface area contributed by atoms with Gasteiger partial charge in [0.2, 0.25) is 0 Å². The Hall–Kier alpha value is -2.30. The molecule has 5 nitrogen and oxygen atoms in total. The third-order valence-electron chi connectivity index (χ3n) is 3.20. The summed E-state index contributed by atoms with van der Waals surface area (Å²) in [6.45, 7) is 5.42. The summed E-state index contributed by atoms with van der Waals surface area (Å²) in [7, 11) is 1.86. The van der Waals surface area contributed by atoms with Gasteiger partial charge < -0.3 is 10.6 Å². The Labute approximate surface area is 125 Å². The second-order valence-electron chi connectivity index (χ2n) is 5.18. The smallest absolute Gasteiger partial charge is 0.253 e. The van der Waals surface area contributed by atoms with Crippen LogP contribution in [0, 0.1) is 6.92 Å². The van der Waals surface area contributed by atoms with E-state index >= 15 is 0 Å². The molecule has 0 saturated heterocycles. The van der Waals surface area contributed by atoms with Crippen LogP contribution in [0.2, 0.25) is 0 Å². The maximum Gasteiger partial charge on any atom is 0.253 e. The van der Waals surface area contributed by atoms with Crippen LogP contribution in [0.4, 0.5) is 5.69 Å². The van der Waals surface area contributed by atoms with E-state index in [2.05, 4.69) is 22.7 Å². The number of hydrogen-bond donors (Lipinski definition) is 2. The monoisotopic (exact) mass is 286 g/mol. The molecule has 2 N–H and O–H groups in total. The van der Waals surface area contributed by atoms with Gasteiger partial charge in [0.15, 0.2) is 0 Å². The van der Waals surface area contributed by atoms with Crippen LogP contribution in [-0.2, 0) is 13.6 Å². The number of rotatable bonds is 6. The van der Waals surface area contributed by atoms with Gasteiger partial charge in [-0.2, -0.15) is 5.10 Å². The largest absolute Gasteiger partial charge is 0.384 e. The van der Waals surface area contributed by atoms with E-state index < -0.39 is 0 Å². The van der Waals surface area contributed by atoms with E-state index in [1.807, 2.05) is 38.4 Å². The molecule has 0 fully saturated rings. The molecule has 0 bridgehead atoms. The van der Waals surface area contributed by atoms with Gasteiger partial charge in [-0.25, -0.2) is 0 Å². The van der Waals surface area contributed by atoms with Crippen molar-refractivity contribution in [2.75, 3.05) is 11.9 Å². The third-order valence-corrected chi connectivity index (χ3v) is 3.20. The van der Waals surface area contributed by atoms with E-state index in [0.717, 1.165) is 29.8 Å². The molecule has 0 atom stereocenters. The van der Waals surface area contributed by atoms with Gasteiger partial charge in [0.1, 0.15) is 0 Å². The van der Waals surface area contributed by atoms with Crippen LogP contribution in [0.5, 0.6) is 0 Å². The first-order valence-corrected chi connectivity index (χ1v) is 7.20. The van der Waals surface area contributed by atoms with Crippen molar-refractivity contribution in [2.24, 2.45) is 7.05 Å². The third kappa shape index (κ3) is 4.08. The number of benzene rings is 1. The molecule has 1 heterocycles. The first-order chi connectivity index (χ1) is 10.1. The van der Waals surface area contributed by atoms with Crippen LogP contribution in [0.1, 0.15) is 34.8 Å². The molecule has 1 amide bonds. The van der Waals surface area contributed by atoms with Crippen LogP contribution in [-0.4, -0.2) is 22.2 Å². The first-order valence-electron chi connectivity index (χ1n) is 7.20. The Kier molecular flexibility index (Phi) is 4.98. The van der Waals surface area contributed by atoms with Gasteiger partial charge in [-0.1, -0.05) is 18.6 Å². The van der Waals surface area contributed by atoms with E-state index in [-0.39, 0.29) is 5.91 Å². The maximum atomic E-state index is 12.4. The van der Waals surface area contributed by atoms with E-state index in [4.69, 9.17) is 0 Å².